The second-order valence-electron chi connectivity index (χ2n) is 2.80. The Morgan fingerprint density at radius 2 is 2.00 bits per heavy atom. The van der Waals surface area contributed by atoms with Crippen LogP contribution in [0.25, 0.3) is 0 Å². The second-order valence-corrected chi connectivity index (χ2v) is 2.80. The van der Waals surface area contributed by atoms with Crippen LogP contribution >= 0.6 is 0 Å². The number of amides is 1. The largest absolute Gasteiger partial charge is 0.280 e. The molecule has 0 saturated carbocycles. The first-order chi connectivity index (χ1) is 6.61. The monoisotopic (exact) mass is 194 g/mol. The number of carbonyl (C=O) groups is 1. The van der Waals surface area contributed by atoms with E-state index in [9.17, 15) is 14.9 Å². The van der Waals surface area contributed by atoms with Gasteiger partial charge >= 0.3 is 0 Å². The molecule has 0 unspecified atom stereocenters. The van der Waals surface area contributed by atoms with E-state index >= 15 is 0 Å². The van der Waals surface area contributed by atoms with Crippen LogP contribution in [0.2, 0.25) is 0 Å². The van der Waals surface area contributed by atoms with Gasteiger partial charge in [0.1, 0.15) is 6.54 Å². The summed E-state index contributed by atoms with van der Waals surface area (Å²) < 4.78 is 0. The van der Waals surface area contributed by atoms with Gasteiger partial charge in [0.15, 0.2) is 5.03 Å². The van der Waals surface area contributed by atoms with Gasteiger partial charge in [0.2, 0.25) is 0 Å². The molecule has 0 spiro atoms. The number of carbonyl (C=O) groups excluding carboxylic acids is 1. The Labute approximate surface area is 81.1 Å². The van der Waals surface area contributed by atoms with Crippen molar-refractivity contribution >= 4 is 5.91 Å². The molecular weight excluding hydrogens is 184 g/mol. The van der Waals surface area contributed by atoms with Crippen molar-refractivity contribution in [2.24, 2.45) is 0 Å². The van der Waals surface area contributed by atoms with Crippen LogP contribution in [0.5, 0.6) is 0 Å². The highest BCUT2D eigenvalue weighted by molar-refractivity contribution is 5.71. The lowest BCUT2D eigenvalue weighted by Gasteiger charge is -2.09. The Bertz CT molecular complexity index is 323. The maximum absolute atomic E-state index is 10.9. The summed E-state index contributed by atoms with van der Waals surface area (Å²) in [5, 5.41) is 10.3. The average molecular weight is 194 g/mol. The molecule has 0 bridgehead atoms. The van der Waals surface area contributed by atoms with Crippen LogP contribution in [0.1, 0.15) is 12.5 Å². The third-order valence-corrected chi connectivity index (χ3v) is 1.74. The van der Waals surface area contributed by atoms with Crippen molar-refractivity contribution in [3.63, 3.8) is 0 Å². The van der Waals surface area contributed by atoms with Gasteiger partial charge in [0, 0.05) is 6.92 Å². The van der Waals surface area contributed by atoms with Crippen LogP contribution < -0.4 is 0 Å². The number of hydrazine groups is 1. The number of hydrogen-bond acceptors (Lipinski definition) is 3. The smallest absolute Gasteiger partial charge is 0.269 e. The van der Waals surface area contributed by atoms with Crippen molar-refractivity contribution < 1.29 is 9.83 Å². The Morgan fingerprint density at radius 3 is 2.43 bits per heavy atom. The minimum absolute atomic E-state index is 0.00315. The highest BCUT2D eigenvalue weighted by Crippen LogP contribution is 2.04. The average Bonchev–Trinajstić information content (AvgIpc) is 2.15. The molecule has 0 saturated heterocycles. The third-order valence-electron chi connectivity index (χ3n) is 1.74. The quantitative estimate of drug-likeness (QED) is 0.537. The fourth-order valence-corrected chi connectivity index (χ4v) is 1.04. The number of rotatable bonds is 3. The first-order valence-corrected chi connectivity index (χ1v) is 4.07. The maximum atomic E-state index is 10.9. The first-order valence-electron chi connectivity index (χ1n) is 4.07. The molecule has 0 radical (unpaired) electrons. The van der Waals surface area contributed by atoms with Gasteiger partial charge in [-0.25, -0.2) is 10.1 Å². The number of nitrogens with zero attached hydrogens (tertiary/aromatic N) is 2. The Kier molecular flexibility index (Phi) is 3.17. The topological polar surface area (TPSA) is 63.5 Å². The van der Waals surface area contributed by atoms with Crippen LogP contribution in [0, 0.1) is 10.1 Å². The molecule has 0 aromatic heterocycles. The molecule has 1 aromatic carbocycles. The van der Waals surface area contributed by atoms with Crippen molar-refractivity contribution in [1.82, 2.24) is 5.01 Å². The lowest BCUT2D eigenvalue weighted by Crippen LogP contribution is -2.33. The molecule has 0 aliphatic carbocycles. The minimum Gasteiger partial charge on any atom is -0.269 e. The number of nitro groups is 1. The molecule has 0 aliphatic rings. The fraction of sp³-hybridized carbons (Fsp3) is 0.222. The summed E-state index contributed by atoms with van der Waals surface area (Å²) in [6, 6.07) is 8.83. The van der Waals surface area contributed by atoms with Crippen molar-refractivity contribution in [2.75, 3.05) is 0 Å². The minimum atomic E-state index is -0.699. The third kappa shape index (κ3) is 2.55. The van der Waals surface area contributed by atoms with Gasteiger partial charge in [0.05, 0.1) is 0 Å². The van der Waals surface area contributed by atoms with Gasteiger partial charge in [-0.2, -0.15) is 0 Å². The summed E-state index contributed by atoms with van der Waals surface area (Å²) in [5.74, 6) is -0.571. The van der Waals surface area contributed by atoms with E-state index < -0.39 is 10.9 Å². The normalized spacial score (nSPS) is 9.50. The molecule has 1 amide bonds. The molecule has 5 nitrogen and oxygen atoms in total. The van der Waals surface area contributed by atoms with E-state index in [1.54, 1.807) is 24.3 Å². The molecule has 0 fully saturated rings. The summed E-state index contributed by atoms with van der Waals surface area (Å²) in [7, 11) is 0. The second kappa shape index (κ2) is 4.36. The number of benzene rings is 1. The Balaban J connectivity index is 2.75. The SMILES string of the molecule is CC(=O)N(Cc1ccccc1)[N+](=O)[O-]. The van der Waals surface area contributed by atoms with E-state index in [1.807, 2.05) is 6.07 Å². The van der Waals surface area contributed by atoms with E-state index in [4.69, 9.17) is 0 Å². The van der Waals surface area contributed by atoms with Gasteiger partial charge in [0.25, 0.3) is 5.91 Å². The van der Waals surface area contributed by atoms with Gasteiger partial charge in [-0.05, 0) is 5.56 Å². The van der Waals surface area contributed by atoms with Crippen LogP contribution in [0.3, 0.4) is 0 Å². The summed E-state index contributed by atoms with van der Waals surface area (Å²) >= 11 is 0. The van der Waals surface area contributed by atoms with Crippen molar-refractivity contribution in [1.29, 1.82) is 0 Å². The van der Waals surface area contributed by atoms with Gasteiger partial charge in [-0.15, -0.1) is 0 Å². The molecule has 0 N–H and O–H groups in total. The Morgan fingerprint density at radius 1 is 1.43 bits per heavy atom. The predicted octanol–water partition coefficient (Wildman–Crippen LogP) is 1.23. The molecule has 0 aliphatic heterocycles. The van der Waals surface area contributed by atoms with Crippen molar-refractivity contribution in [3.05, 3.63) is 46.0 Å². The zero-order chi connectivity index (χ0) is 10.6. The lowest BCUT2D eigenvalue weighted by atomic mass is 10.2. The highest BCUT2D eigenvalue weighted by atomic mass is 16.7. The highest BCUT2D eigenvalue weighted by Gasteiger charge is 2.19. The van der Waals surface area contributed by atoms with Crippen molar-refractivity contribution in [3.8, 4) is 0 Å². The Hall–Kier alpha value is -1.91. The molecule has 14 heavy (non-hydrogen) atoms. The first kappa shape index (κ1) is 10.2. The van der Waals surface area contributed by atoms with Gasteiger partial charge in [-0.3, -0.25) is 4.79 Å². The van der Waals surface area contributed by atoms with Crippen LogP contribution in [-0.4, -0.2) is 15.9 Å². The maximum Gasteiger partial charge on any atom is 0.280 e. The lowest BCUT2D eigenvalue weighted by molar-refractivity contribution is -0.638. The molecule has 74 valence electrons. The predicted molar refractivity (Wildman–Crippen MR) is 49.7 cm³/mol. The molecule has 0 heterocycles. The molecule has 1 rings (SSSR count). The van der Waals surface area contributed by atoms with Crippen LogP contribution in [-0.2, 0) is 11.3 Å². The van der Waals surface area contributed by atoms with E-state index in [1.165, 1.54) is 6.92 Å². The molecule has 1 aromatic rings. The van der Waals surface area contributed by atoms with E-state index in [0.29, 0.717) is 5.01 Å². The summed E-state index contributed by atoms with van der Waals surface area (Å²) in [6.45, 7) is 1.18. The molecular formula is C9H10N2O3. The number of hydrogen-bond donors (Lipinski definition) is 0. The summed E-state index contributed by atoms with van der Waals surface area (Å²) in [5.41, 5.74) is 0.736. The zero-order valence-electron chi connectivity index (χ0n) is 7.71. The van der Waals surface area contributed by atoms with E-state index in [-0.39, 0.29) is 6.54 Å². The van der Waals surface area contributed by atoms with Crippen LogP contribution in [0.4, 0.5) is 0 Å². The van der Waals surface area contributed by atoms with E-state index in [2.05, 4.69) is 0 Å². The van der Waals surface area contributed by atoms with E-state index in [0.717, 1.165) is 5.56 Å². The standard InChI is InChI=1S/C9H10N2O3/c1-8(12)10(11(13)14)7-9-5-3-2-4-6-9/h2-6H,7H2,1H3. The zero-order valence-corrected chi connectivity index (χ0v) is 7.71. The van der Waals surface area contributed by atoms with Crippen LogP contribution in [0.15, 0.2) is 30.3 Å². The van der Waals surface area contributed by atoms with Crippen molar-refractivity contribution in [2.45, 2.75) is 13.5 Å². The van der Waals surface area contributed by atoms with Gasteiger partial charge in [-0.1, -0.05) is 35.3 Å². The summed E-state index contributed by atoms with van der Waals surface area (Å²) in [4.78, 5) is 21.3. The molecule has 0 atom stereocenters. The molecule has 5 heteroatoms. The fourth-order valence-electron chi connectivity index (χ4n) is 1.04. The van der Waals surface area contributed by atoms with Gasteiger partial charge < -0.3 is 0 Å². The summed E-state index contributed by atoms with van der Waals surface area (Å²) in [6.07, 6.45) is 0.